The van der Waals surface area contributed by atoms with Crippen molar-refractivity contribution in [2.75, 3.05) is 6.61 Å². The lowest BCUT2D eigenvalue weighted by Crippen LogP contribution is -2.13. The fourth-order valence-corrected chi connectivity index (χ4v) is 2.59. The number of nitrogens with zero attached hydrogens (tertiary/aromatic N) is 2. The second-order valence-corrected chi connectivity index (χ2v) is 5.14. The molecule has 0 bridgehead atoms. The van der Waals surface area contributed by atoms with Crippen molar-refractivity contribution in [1.29, 1.82) is 0 Å². The predicted molar refractivity (Wildman–Crippen MR) is 71.0 cm³/mol. The first-order valence-corrected chi connectivity index (χ1v) is 6.48. The third-order valence-electron chi connectivity index (χ3n) is 3.48. The molecule has 0 radical (unpaired) electrons. The van der Waals surface area contributed by atoms with E-state index in [1.54, 1.807) is 0 Å². The maximum absolute atomic E-state index is 5.73. The Morgan fingerprint density at radius 1 is 1.39 bits per heavy atom. The van der Waals surface area contributed by atoms with Gasteiger partial charge >= 0.3 is 0 Å². The lowest BCUT2D eigenvalue weighted by atomic mass is 10.0. The molecular weight excluding hydrogens is 224 g/mol. The second kappa shape index (κ2) is 4.48. The van der Waals surface area contributed by atoms with Crippen molar-refractivity contribution in [2.45, 2.75) is 32.2 Å². The molecule has 3 heteroatoms. The Morgan fingerprint density at radius 2 is 2.22 bits per heavy atom. The Balaban J connectivity index is 1.84. The van der Waals surface area contributed by atoms with Crippen molar-refractivity contribution < 1.29 is 4.74 Å². The van der Waals surface area contributed by atoms with Gasteiger partial charge < -0.3 is 9.30 Å². The highest BCUT2D eigenvalue weighted by Gasteiger charge is 2.24. The quantitative estimate of drug-likeness (QED) is 0.826. The standard InChI is InChI=1S/C15H18N2O/c1-11(2)15-16-7-8-17(15)9-12-10-18-14-6-4-3-5-13(12)14/h3-8,11-12H,9-10H2,1-2H3. The average molecular weight is 242 g/mol. The Kier molecular flexibility index (Phi) is 2.82. The topological polar surface area (TPSA) is 27.1 Å². The molecule has 1 aromatic heterocycles. The minimum Gasteiger partial charge on any atom is -0.493 e. The fourth-order valence-electron chi connectivity index (χ4n) is 2.59. The van der Waals surface area contributed by atoms with E-state index >= 15 is 0 Å². The summed E-state index contributed by atoms with van der Waals surface area (Å²) in [6, 6.07) is 8.32. The van der Waals surface area contributed by atoms with E-state index in [1.165, 1.54) is 5.56 Å². The van der Waals surface area contributed by atoms with E-state index in [0.29, 0.717) is 11.8 Å². The van der Waals surface area contributed by atoms with Gasteiger partial charge in [-0.25, -0.2) is 4.98 Å². The van der Waals surface area contributed by atoms with Gasteiger partial charge in [-0.2, -0.15) is 0 Å². The zero-order valence-electron chi connectivity index (χ0n) is 10.8. The molecule has 0 spiro atoms. The number of ether oxygens (including phenoxy) is 1. The van der Waals surface area contributed by atoms with Gasteiger partial charge in [-0.1, -0.05) is 32.0 Å². The van der Waals surface area contributed by atoms with Crippen molar-refractivity contribution in [3.05, 3.63) is 48.0 Å². The molecule has 0 N–H and O–H groups in total. The molecule has 0 fully saturated rings. The highest BCUT2D eigenvalue weighted by atomic mass is 16.5. The van der Waals surface area contributed by atoms with Crippen LogP contribution in [0.2, 0.25) is 0 Å². The molecule has 2 heterocycles. The molecule has 0 amide bonds. The molecule has 3 rings (SSSR count). The van der Waals surface area contributed by atoms with Crippen molar-refractivity contribution >= 4 is 0 Å². The van der Waals surface area contributed by atoms with Gasteiger partial charge in [-0.05, 0) is 6.07 Å². The van der Waals surface area contributed by atoms with Gasteiger partial charge in [0, 0.05) is 36.3 Å². The fraction of sp³-hybridized carbons (Fsp3) is 0.400. The number of hydrogen-bond donors (Lipinski definition) is 0. The van der Waals surface area contributed by atoms with Crippen LogP contribution in [0.5, 0.6) is 5.75 Å². The number of para-hydroxylation sites is 1. The smallest absolute Gasteiger partial charge is 0.122 e. The van der Waals surface area contributed by atoms with E-state index in [1.807, 2.05) is 18.3 Å². The van der Waals surface area contributed by atoms with Crippen LogP contribution in [0.4, 0.5) is 0 Å². The van der Waals surface area contributed by atoms with Crippen LogP contribution in [-0.2, 0) is 6.54 Å². The predicted octanol–water partition coefficient (Wildman–Crippen LogP) is 3.18. The maximum atomic E-state index is 5.73. The molecule has 0 saturated carbocycles. The molecule has 1 aliphatic heterocycles. The Morgan fingerprint density at radius 3 is 3.06 bits per heavy atom. The van der Waals surface area contributed by atoms with Crippen molar-refractivity contribution in [2.24, 2.45) is 0 Å². The summed E-state index contributed by atoms with van der Waals surface area (Å²) < 4.78 is 7.98. The third-order valence-corrected chi connectivity index (χ3v) is 3.48. The summed E-state index contributed by atoms with van der Waals surface area (Å²) >= 11 is 0. The lowest BCUT2D eigenvalue weighted by Gasteiger charge is -2.14. The van der Waals surface area contributed by atoms with Crippen LogP contribution >= 0.6 is 0 Å². The van der Waals surface area contributed by atoms with Crippen LogP contribution in [-0.4, -0.2) is 16.2 Å². The number of benzene rings is 1. The highest BCUT2D eigenvalue weighted by Crippen LogP contribution is 2.34. The molecule has 1 unspecified atom stereocenters. The van der Waals surface area contributed by atoms with Gasteiger partial charge in [0.25, 0.3) is 0 Å². The van der Waals surface area contributed by atoms with Gasteiger partial charge in [0.15, 0.2) is 0 Å². The Hall–Kier alpha value is -1.77. The third kappa shape index (κ3) is 1.90. The zero-order valence-corrected chi connectivity index (χ0v) is 10.8. The number of imidazole rings is 1. The molecule has 0 saturated heterocycles. The molecular formula is C15H18N2O. The van der Waals surface area contributed by atoms with Gasteiger partial charge in [0.1, 0.15) is 11.6 Å². The largest absolute Gasteiger partial charge is 0.493 e. The minimum atomic E-state index is 0.438. The van der Waals surface area contributed by atoms with Crippen LogP contribution in [0, 0.1) is 0 Å². The molecule has 3 nitrogen and oxygen atoms in total. The SMILES string of the molecule is CC(C)c1nccn1CC1COc2ccccc21. The van der Waals surface area contributed by atoms with Gasteiger partial charge in [-0.15, -0.1) is 0 Å². The van der Waals surface area contributed by atoms with Gasteiger partial charge in [-0.3, -0.25) is 0 Å². The molecule has 94 valence electrons. The first-order valence-electron chi connectivity index (χ1n) is 6.48. The van der Waals surface area contributed by atoms with Gasteiger partial charge in [0.2, 0.25) is 0 Å². The first kappa shape index (κ1) is 11.3. The lowest BCUT2D eigenvalue weighted by molar-refractivity contribution is 0.317. The zero-order chi connectivity index (χ0) is 12.5. The average Bonchev–Trinajstić information content (AvgIpc) is 2.97. The summed E-state index contributed by atoms with van der Waals surface area (Å²) in [5, 5.41) is 0. The van der Waals surface area contributed by atoms with E-state index in [4.69, 9.17) is 4.74 Å². The molecule has 1 aromatic carbocycles. The van der Waals surface area contributed by atoms with Crippen LogP contribution in [0.3, 0.4) is 0 Å². The molecule has 18 heavy (non-hydrogen) atoms. The van der Waals surface area contributed by atoms with Crippen LogP contribution < -0.4 is 4.74 Å². The number of aromatic nitrogens is 2. The van der Waals surface area contributed by atoms with E-state index in [-0.39, 0.29) is 0 Å². The summed E-state index contributed by atoms with van der Waals surface area (Å²) in [5.41, 5.74) is 1.32. The van der Waals surface area contributed by atoms with Crippen LogP contribution in [0.1, 0.15) is 37.1 Å². The van der Waals surface area contributed by atoms with E-state index in [0.717, 1.165) is 24.7 Å². The van der Waals surface area contributed by atoms with Crippen LogP contribution in [0.25, 0.3) is 0 Å². The number of rotatable bonds is 3. The second-order valence-electron chi connectivity index (χ2n) is 5.14. The summed E-state index contributed by atoms with van der Waals surface area (Å²) in [5.74, 6) is 3.08. The number of fused-ring (bicyclic) bond motifs is 1. The monoisotopic (exact) mass is 242 g/mol. The normalized spacial score (nSPS) is 17.8. The van der Waals surface area contributed by atoms with E-state index < -0.39 is 0 Å². The summed E-state index contributed by atoms with van der Waals surface area (Å²) in [7, 11) is 0. The molecule has 0 aliphatic carbocycles. The highest BCUT2D eigenvalue weighted by molar-refractivity contribution is 5.39. The van der Waals surface area contributed by atoms with Crippen molar-refractivity contribution in [3.63, 3.8) is 0 Å². The van der Waals surface area contributed by atoms with Crippen molar-refractivity contribution in [1.82, 2.24) is 9.55 Å². The summed E-state index contributed by atoms with van der Waals surface area (Å²) in [4.78, 5) is 4.44. The van der Waals surface area contributed by atoms with Gasteiger partial charge in [0.05, 0.1) is 6.61 Å². The van der Waals surface area contributed by atoms with E-state index in [2.05, 4.69) is 41.7 Å². The molecule has 2 aromatic rings. The minimum absolute atomic E-state index is 0.438. The van der Waals surface area contributed by atoms with Crippen LogP contribution in [0.15, 0.2) is 36.7 Å². The molecule has 1 aliphatic rings. The Labute approximate surface area is 107 Å². The Bertz CT molecular complexity index is 545. The summed E-state index contributed by atoms with van der Waals surface area (Å²) in [6.45, 7) is 6.08. The maximum Gasteiger partial charge on any atom is 0.122 e. The van der Waals surface area contributed by atoms with Crippen molar-refractivity contribution in [3.8, 4) is 5.75 Å². The van der Waals surface area contributed by atoms with E-state index in [9.17, 15) is 0 Å². The first-order chi connectivity index (χ1) is 8.75. The summed E-state index contributed by atoms with van der Waals surface area (Å²) in [6.07, 6.45) is 3.95. The number of hydrogen-bond acceptors (Lipinski definition) is 2. The molecule has 1 atom stereocenters.